The molecule has 3 rings (SSSR count). The van der Waals surface area contributed by atoms with Crippen molar-refractivity contribution < 1.29 is 18.3 Å². The van der Waals surface area contributed by atoms with Crippen LogP contribution in [-0.2, 0) is 21.1 Å². The second kappa shape index (κ2) is 4.88. The number of carboxylic acids is 1. The highest BCUT2D eigenvalue weighted by Crippen LogP contribution is 2.42. The lowest BCUT2D eigenvalue weighted by atomic mass is 9.71. The van der Waals surface area contributed by atoms with Crippen molar-refractivity contribution in [1.29, 1.82) is 0 Å². The maximum atomic E-state index is 11.5. The summed E-state index contributed by atoms with van der Waals surface area (Å²) in [6.07, 6.45) is 1.97. The van der Waals surface area contributed by atoms with E-state index in [0.717, 1.165) is 6.42 Å². The minimum Gasteiger partial charge on any atom is -0.481 e. The van der Waals surface area contributed by atoms with Gasteiger partial charge in [0, 0.05) is 0 Å². The second-order valence-corrected chi connectivity index (χ2v) is 8.17. The molecule has 4 nitrogen and oxygen atoms in total. The summed E-state index contributed by atoms with van der Waals surface area (Å²) in [5.41, 5.74) is 2.53. The van der Waals surface area contributed by atoms with Crippen LogP contribution in [0.1, 0.15) is 29.9 Å². The molecule has 1 N–H and O–H groups in total. The first-order chi connectivity index (χ1) is 9.46. The third-order valence-corrected chi connectivity index (χ3v) is 6.45. The van der Waals surface area contributed by atoms with Gasteiger partial charge in [-0.05, 0) is 42.2 Å². The van der Waals surface area contributed by atoms with E-state index in [-0.39, 0.29) is 23.3 Å². The molecule has 1 fully saturated rings. The summed E-state index contributed by atoms with van der Waals surface area (Å²) >= 11 is 0. The maximum Gasteiger partial charge on any atom is 0.306 e. The molecule has 108 valence electrons. The monoisotopic (exact) mass is 294 g/mol. The van der Waals surface area contributed by atoms with Crippen LogP contribution in [0.2, 0.25) is 0 Å². The molecule has 5 heteroatoms. The predicted octanol–water partition coefficient (Wildman–Crippen LogP) is 1.85. The minimum atomic E-state index is -3.02. The van der Waals surface area contributed by atoms with E-state index >= 15 is 0 Å². The highest BCUT2D eigenvalue weighted by Gasteiger charge is 2.40. The molecule has 1 saturated heterocycles. The van der Waals surface area contributed by atoms with Crippen molar-refractivity contribution >= 4 is 15.8 Å². The van der Waals surface area contributed by atoms with Crippen molar-refractivity contribution in [2.45, 2.75) is 25.2 Å². The zero-order chi connectivity index (χ0) is 14.3. The number of fused-ring (bicyclic) bond motifs is 1. The van der Waals surface area contributed by atoms with Crippen LogP contribution < -0.4 is 0 Å². The fourth-order valence-electron chi connectivity index (χ4n) is 3.52. The Morgan fingerprint density at radius 1 is 1.35 bits per heavy atom. The van der Waals surface area contributed by atoms with Gasteiger partial charge < -0.3 is 5.11 Å². The van der Waals surface area contributed by atoms with Crippen molar-refractivity contribution in [1.82, 2.24) is 0 Å². The van der Waals surface area contributed by atoms with Gasteiger partial charge in [0.2, 0.25) is 0 Å². The van der Waals surface area contributed by atoms with Gasteiger partial charge in [0.25, 0.3) is 0 Å². The first kappa shape index (κ1) is 13.6. The Balaban J connectivity index is 1.73. The topological polar surface area (TPSA) is 71.4 Å². The van der Waals surface area contributed by atoms with E-state index in [9.17, 15) is 18.3 Å². The van der Waals surface area contributed by atoms with Crippen molar-refractivity contribution in [2.24, 2.45) is 11.8 Å². The van der Waals surface area contributed by atoms with E-state index in [1.54, 1.807) is 0 Å². The summed E-state index contributed by atoms with van der Waals surface area (Å²) in [5.74, 6) is -1.15. The molecule has 3 unspecified atom stereocenters. The van der Waals surface area contributed by atoms with Crippen LogP contribution in [0, 0.1) is 11.8 Å². The molecule has 1 aromatic carbocycles. The van der Waals surface area contributed by atoms with Crippen molar-refractivity contribution in [3.63, 3.8) is 0 Å². The van der Waals surface area contributed by atoms with Crippen LogP contribution in [0.4, 0.5) is 0 Å². The molecule has 2 aliphatic rings. The van der Waals surface area contributed by atoms with E-state index in [4.69, 9.17) is 0 Å². The van der Waals surface area contributed by atoms with E-state index < -0.39 is 21.7 Å². The average Bonchev–Trinajstić information content (AvgIpc) is 2.70. The summed E-state index contributed by atoms with van der Waals surface area (Å²) in [6, 6.07) is 8.09. The average molecular weight is 294 g/mol. The van der Waals surface area contributed by atoms with Crippen molar-refractivity contribution in [3.8, 4) is 0 Å². The Hall–Kier alpha value is -1.36. The Kier molecular flexibility index (Phi) is 3.32. The molecule has 1 aliphatic carbocycles. The van der Waals surface area contributed by atoms with Crippen molar-refractivity contribution in [3.05, 3.63) is 35.4 Å². The number of sulfone groups is 1. The quantitative estimate of drug-likeness (QED) is 0.920. The molecular weight excluding hydrogens is 276 g/mol. The fraction of sp³-hybridized carbons (Fsp3) is 0.533. The SMILES string of the molecule is O=C(O)C(CC1Cc2ccccc21)C1CCS(=O)(=O)C1. The van der Waals surface area contributed by atoms with Crippen LogP contribution in [0.25, 0.3) is 0 Å². The molecule has 0 radical (unpaired) electrons. The molecule has 0 amide bonds. The van der Waals surface area contributed by atoms with Gasteiger partial charge in [0.05, 0.1) is 17.4 Å². The first-order valence-corrected chi connectivity index (χ1v) is 8.79. The lowest BCUT2D eigenvalue weighted by molar-refractivity contribution is -0.143. The molecule has 0 bridgehead atoms. The van der Waals surface area contributed by atoms with Crippen LogP contribution in [0.5, 0.6) is 0 Å². The van der Waals surface area contributed by atoms with E-state index in [2.05, 4.69) is 6.07 Å². The molecule has 1 aromatic rings. The normalized spacial score (nSPS) is 28.4. The third kappa shape index (κ3) is 2.46. The number of carboxylic acid groups (broad SMARTS) is 1. The minimum absolute atomic E-state index is 0.0400. The molecule has 0 aromatic heterocycles. The first-order valence-electron chi connectivity index (χ1n) is 6.97. The number of benzene rings is 1. The highest BCUT2D eigenvalue weighted by atomic mass is 32.2. The Morgan fingerprint density at radius 3 is 2.70 bits per heavy atom. The fourth-order valence-corrected chi connectivity index (χ4v) is 5.40. The van der Waals surface area contributed by atoms with Gasteiger partial charge in [-0.1, -0.05) is 24.3 Å². The van der Waals surface area contributed by atoms with Crippen LogP contribution in [0.3, 0.4) is 0 Å². The number of rotatable bonds is 4. The zero-order valence-corrected chi connectivity index (χ0v) is 12.0. The van der Waals surface area contributed by atoms with E-state index in [1.165, 1.54) is 11.1 Å². The van der Waals surface area contributed by atoms with Gasteiger partial charge in [-0.2, -0.15) is 0 Å². The van der Waals surface area contributed by atoms with Gasteiger partial charge >= 0.3 is 5.97 Å². The van der Waals surface area contributed by atoms with Gasteiger partial charge in [-0.25, -0.2) is 8.42 Å². The summed E-state index contributed by atoms with van der Waals surface area (Å²) in [5, 5.41) is 9.43. The largest absolute Gasteiger partial charge is 0.481 e. The standard InChI is InChI=1S/C15H18O4S/c16-15(17)14(11-5-6-20(18,19)9-11)8-12-7-10-3-1-2-4-13(10)12/h1-4,11-12,14H,5-9H2,(H,16,17). The van der Waals surface area contributed by atoms with Crippen LogP contribution in [-0.4, -0.2) is 31.0 Å². The van der Waals surface area contributed by atoms with Gasteiger partial charge in [0.15, 0.2) is 9.84 Å². The van der Waals surface area contributed by atoms with Crippen LogP contribution in [0.15, 0.2) is 24.3 Å². The summed E-state index contributed by atoms with van der Waals surface area (Å²) in [4.78, 5) is 11.5. The molecule has 0 saturated carbocycles. The lowest BCUT2D eigenvalue weighted by Crippen LogP contribution is -2.29. The van der Waals surface area contributed by atoms with E-state index in [1.807, 2.05) is 18.2 Å². The Bertz CT molecular complexity index is 635. The number of hydrogen-bond acceptors (Lipinski definition) is 3. The zero-order valence-electron chi connectivity index (χ0n) is 11.2. The third-order valence-electron chi connectivity index (χ3n) is 4.65. The van der Waals surface area contributed by atoms with E-state index in [0.29, 0.717) is 12.8 Å². The molecule has 1 heterocycles. The summed E-state index contributed by atoms with van der Waals surface area (Å²) in [6.45, 7) is 0. The predicted molar refractivity (Wildman–Crippen MR) is 75.4 cm³/mol. The molecule has 20 heavy (non-hydrogen) atoms. The Labute approximate surface area is 118 Å². The number of aliphatic carboxylic acids is 1. The molecule has 3 atom stereocenters. The smallest absolute Gasteiger partial charge is 0.306 e. The maximum absolute atomic E-state index is 11.5. The number of carbonyl (C=O) groups is 1. The second-order valence-electron chi connectivity index (χ2n) is 5.94. The molecule has 1 aliphatic heterocycles. The van der Waals surface area contributed by atoms with Gasteiger partial charge in [-0.15, -0.1) is 0 Å². The highest BCUT2D eigenvalue weighted by molar-refractivity contribution is 7.91. The lowest BCUT2D eigenvalue weighted by Gasteiger charge is -2.33. The Morgan fingerprint density at radius 2 is 2.10 bits per heavy atom. The van der Waals surface area contributed by atoms with Crippen LogP contribution >= 0.6 is 0 Å². The molecular formula is C15H18O4S. The summed E-state index contributed by atoms with van der Waals surface area (Å²) < 4.78 is 23.1. The summed E-state index contributed by atoms with van der Waals surface area (Å²) in [7, 11) is -3.02. The van der Waals surface area contributed by atoms with Gasteiger partial charge in [-0.3, -0.25) is 4.79 Å². The number of hydrogen-bond donors (Lipinski definition) is 1. The molecule has 0 spiro atoms. The van der Waals surface area contributed by atoms with Gasteiger partial charge in [0.1, 0.15) is 0 Å². The van der Waals surface area contributed by atoms with Crippen molar-refractivity contribution in [2.75, 3.05) is 11.5 Å².